The predicted octanol–water partition coefficient (Wildman–Crippen LogP) is 4.99. The number of ether oxygens (including phenoxy) is 1. The van der Waals surface area contributed by atoms with Crippen LogP contribution in [0.4, 0.5) is 16.2 Å². The Morgan fingerprint density at radius 1 is 0.962 bits per heavy atom. The summed E-state index contributed by atoms with van der Waals surface area (Å²) in [4.78, 5) is 23.9. The fourth-order valence-electron chi connectivity index (χ4n) is 2.13. The first-order valence-corrected chi connectivity index (χ1v) is 8.37. The Kier molecular flexibility index (Phi) is 6.17. The van der Waals surface area contributed by atoms with E-state index in [0.29, 0.717) is 11.4 Å². The highest BCUT2D eigenvalue weighted by molar-refractivity contribution is 6.02. The lowest BCUT2D eigenvalue weighted by atomic mass is 10.1. The maximum atomic E-state index is 12.1. The van der Waals surface area contributed by atoms with Crippen molar-refractivity contribution in [3.05, 3.63) is 65.7 Å². The van der Waals surface area contributed by atoms with Gasteiger partial charge in [-0.05, 0) is 57.5 Å². The van der Waals surface area contributed by atoms with Gasteiger partial charge in [0.15, 0.2) is 0 Å². The molecule has 2 amide bonds. The molecule has 0 aliphatic heterocycles. The van der Waals surface area contributed by atoms with Gasteiger partial charge < -0.3 is 10.1 Å². The summed E-state index contributed by atoms with van der Waals surface area (Å²) in [5.74, 6) is -0.250. The Bertz CT molecular complexity index is 803. The van der Waals surface area contributed by atoms with Crippen molar-refractivity contribution >= 4 is 29.5 Å². The molecule has 2 N–H and O–H groups in total. The third-order valence-corrected chi connectivity index (χ3v) is 3.28. The van der Waals surface area contributed by atoms with Gasteiger partial charge in [0.1, 0.15) is 5.60 Å². The zero-order chi connectivity index (χ0) is 19.2. The van der Waals surface area contributed by atoms with Crippen LogP contribution in [0.3, 0.4) is 0 Å². The second-order valence-corrected chi connectivity index (χ2v) is 6.94. The van der Waals surface area contributed by atoms with Gasteiger partial charge in [0.2, 0.25) is 5.91 Å². The summed E-state index contributed by atoms with van der Waals surface area (Å²) >= 11 is 0. The number of carbonyl (C=O) groups excluding carboxylic acids is 2. The predicted molar refractivity (Wildman–Crippen MR) is 105 cm³/mol. The number of anilines is 2. The molecular formula is C21H24N2O3. The minimum atomic E-state index is -0.573. The van der Waals surface area contributed by atoms with Gasteiger partial charge in [0, 0.05) is 17.5 Å². The van der Waals surface area contributed by atoms with Crippen molar-refractivity contribution in [2.75, 3.05) is 10.6 Å². The molecule has 0 heterocycles. The molecule has 0 fully saturated rings. The molecule has 0 saturated heterocycles. The molecule has 0 aromatic heterocycles. The molecule has 0 spiro atoms. The average Bonchev–Trinajstić information content (AvgIpc) is 2.53. The zero-order valence-corrected chi connectivity index (χ0v) is 15.5. The lowest BCUT2D eigenvalue weighted by Gasteiger charge is -2.19. The van der Waals surface area contributed by atoms with Gasteiger partial charge in [0.25, 0.3) is 0 Å². The second kappa shape index (κ2) is 8.34. The maximum Gasteiger partial charge on any atom is 0.412 e. The molecule has 0 radical (unpaired) electrons. The maximum absolute atomic E-state index is 12.1. The van der Waals surface area contributed by atoms with E-state index >= 15 is 0 Å². The molecule has 26 heavy (non-hydrogen) atoms. The number of aryl methyl sites for hydroxylation is 1. The summed E-state index contributed by atoms with van der Waals surface area (Å²) in [6.45, 7) is 7.40. The SMILES string of the molecule is Cc1ccc(C=CC(=O)Nc2cccc(NC(=O)OC(C)(C)C)c2)cc1. The first-order chi connectivity index (χ1) is 12.2. The van der Waals surface area contributed by atoms with E-state index in [1.165, 1.54) is 11.6 Å². The quantitative estimate of drug-likeness (QED) is 0.761. The van der Waals surface area contributed by atoms with E-state index in [9.17, 15) is 9.59 Å². The fourth-order valence-corrected chi connectivity index (χ4v) is 2.13. The topological polar surface area (TPSA) is 67.4 Å². The standard InChI is InChI=1S/C21H24N2O3/c1-15-8-10-16(11-9-15)12-13-19(24)22-17-6-5-7-18(14-17)23-20(25)26-21(2,3)4/h5-14H,1-4H3,(H,22,24)(H,23,25). The van der Waals surface area contributed by atoms with E-state index in [2.05, 4.69) is 10.6 Å². The number of benzene rings is 2. The van der Waals surface area contributed by atoms with Crippen LogP contribution in [0.25, 0.3) is 6.08 Å². The molecule has 2 aromatic carbocycles. The summed E-state index contributed by atoms with van der Waals surface area (Å²) < 4.78 is 5.21. The summed E-state index contributed by atoms with van der Waals surface area (Å²) in [6.07, 6.45) is 2.68. The van der Waals surface area contributed by atoms with Crippen molar-refractivity contribution in [3.63, 3.8) is 0 Å². The molecule has 5 nitrogen and oxygen atoms in total. The van der Waals surface area contributed by atoms with E-state index < -0.39 is 11.7 Å². The van der Waals surface area contributed by atoms with Crippen LogP contribution in [-0.4, -0.2) is 17.6 Å². The normalized spacial score (nSPS) is 11.2. The van der Waals surface area contributed by atoms with Gasteiger partial charge >= 0.3 is 6.09 Å². The Balaban J connectivity index is 1.96. The van der Waals surface area contributed by atoms with Crippen LogP contribution >= 0.6 is 0 Å². The van der Waals surface area contributed by atoms with Gasteiger partial charge in [-0.3, -0.25) is 10.1 Å². The van der Waals surface area contributed by atoms with Gasteiger partial charge in [-0.15, -0.1) is 0 Å². The van der Waals surface area contributed by atoms with E-state index in [1.807, 2.05) is 31.2 Å². The monoisotopic (exact) mass is 352 g/mol. The van der Waals surface area contributed by atoms with Gasteiger partial charge in [-0.2, -0.15) is 0 Å². The van der Waals surface area contributed by atoms with Crippen LogP contribution in [0.2, 0.25) is 0 Å². The number of amides is 2. The van der Waals surface area contributed by atoms with Gasteiger partial charge in [-0.25, -0.2) is 4.79 Å². The number of hydrogen-bond acceptors (Lipinski definition) is 3. The van der Waals surface area contributed by atoms with Crippen molar-refractivity contribution in [1.29, 1.82) is 0 Å². The highest BCUT2D eigenvalue weighted by atomic mass is 16.6. The van der Waals surface area contributed by atoms with Crippen LogP contribution in [-0.2, 0) is 9.53 Å². The highest BCUT2D eigenvalue weighted by Crippen LogP contribution is 2.17. The van der Waals surface area contributed by atoms with Crippen molar-refractivity contribution in [3.8, 4) is 0 Å². The summed E-state index contributed by atoms with van der Waals surface area (Å²) in [6, 6.07) is 14.8. The van der Waals surface area contributed by atoms with Crippen LogP contribution in [0.15, 0.2) is 54.6 Å². The second-order valence-electron chi connectivity index (χ2n) is 6.94. The third kappa shape index (κ3) is 6.81. The fraction of sp³-hybridized carbons (Fsp3) is 0.238. The molecule has 0 atom stereocenters. The Hall–Kier alpha value is -3.08. The van der Waals surface area contributed by atoms with Crippen molar-refractivity contribution in [2.24, 2.45) is 0 Å². The van der Waals surface area contributed by atoms with Crippen LogP contribution in [0, 0.1) is 6.92 Å². The number of rotatable bonds is 4. The molecule has 0 aliphatic carbocycles. The largest absolute Gasteiger partial charge is 0.444 e. The van der Waals surface area contributed by atoms with Gasteiger partial charge in [-0.1, -0.05) is 35.9 Å². The van der Waals surface area contributed by atoms with Crippen LogP contribution in [0.5, 0.6) is 0 Å². The van der Waals surface area contributed by atoms with Crippen LogP contribution < -0.4 is 10.6 Å². The highest BCUT2D eigenvalue weighted by Gasteiger charge is 2.16. The number of hydrogen-bond donors (Lipinski definition) is 2. The van der Waals surface area contributed by atoms with Crippen molar-refractivity contribution in [1.82, 2.24) is 0 Å². The average molecular weight is 352 g/mol. The Labute approximate surface area is 154 Å². The third-order valence-electron chi connectivity index (χ3n) is 3.28. The van der Waals surface area contributed by atoms with E-state index in [-0.39, 0.29) is 5.91 Å². The lowest BCUT2D eigenvalue weighted by molar-refractivity contribution is -0.111. The Morgan fingerprint density at radius 3 is 2.19 bits per heavy atom. The van der Waals surface area contributed by atoms with E-state index in [1.54, 1.807) is 51.1 Å². The van der Waals surface area contributed by atoms with Crippen molar-refractivity contribution in [2.45, 2.75) is 33.3 Å². The minimum absolute atomic E-state index is 0.250. The molecule has 2 rings (SSSR count). The summed E-state index contributed by atoms with van der Waals surface area (Å²) in [5.41, 5.74) is 2.67. The summed E-state index contributed by atoms with van der Waals surface area (Å²) in [7, 11) is 0. The molecule has 5 heteroatoms. The van der Waals surface area contributed by atoms with Crippen LogP contribution in [0.1, 0.15) is 31.9 Å². The zero-order valence-electron chi connectivity index (χ0n) is 15.5. The van der Waals surface area contributed by atoms with Crippen molar-refractivity contribution < 1.29 is 14.3 Å². The molecule has 2 aromatic rings. The molecule has 0 saturated carbocycles. The molecule has 0 bridgehead atoms. The van der Waals surface area contributed by atoms with Gasteiger partial charge in [0.05, 0.1) is 0 Å². The first-order valence-electron chi connectivity index (χ1n) is 8.37. The molecular weight excluding hydrogens is 328 g/mol. The molecule has 0 unspecified atom stereocenters. The smallest absolute Gasteiger partial charge is 0.412 e. The number of carbonyl (C=O) groups is 2. The van der Waals surface area contributed by atoms with E-state index in [4.69, 9.17) is 4.74 Å². The minimum Gasteiger partial charge on any atom is -0.444 e. The molecule has 0 aliphatic rings. The first kappa shape index (κ1) is 19.2. The summed E-state index contributed by atoms with van der Waals surface area (Å²) in [5, 5.41) is 5.41. The lowest BCUT2D eigenvalue weighted by Crippen LogP contribution is -2.27. The van der Waals surface area contributed by atoms with E-state index in [0.717, 1.165) is 5.56 Å². The Morgan fingerprint density at radius 2 is 1.58 bits per heavy atom. The molecule has 136 valence electrons. The number of nitrogens with one attached hydrogen (secondary N) is 2.